The molecule has 98 valence electrons. The Morgan fingerprint density at radius 2 is 1.84 bits per heavy atom. The van der Waals surface area contributed by atoms with Gasteiger partial charge in [0.05, 0.1) is 5.02 Å². The van der Waals surface area contributed by atoms with Gasteiger partial charge >= 0.3 is 0 Å². The zero-order valence-electron chi connectivity index (χ0n) is 10.0. The first-order valence-corrected chi connectivity index (χ1v) is 6.25. The standard InChI is InChI=1S/C14H10Cl2FNO/c1-8-2-3-9(6-11(8)15)14(19)18-10-4-5-13(17)12(16)7-10/h2-7H,1H3,(H,18,19). The summed E-state index contributed by atoms with van der Waals surface area (Å²) >= 11 is 11.6. The summed E-state index contributed by atoms with van der Waals surface area (Å²) in [6, 6.07) is 8.99. The van der Waals surface area contributed by atoms with Gasteiger partial charge in [0.2, 0.25) is 0 Å². The highest BCUT2D eigenvalue weighted by Gasteiger charge is 2.09. The Balaban J connectivity index is 2.20. The summed E-state index contributed by atoms with van der Waals surface area (Å²) in [5.74, 6) is -0.859. The lowest BCUT2D eigenvalue weighted by atomic mass is 10.1. The van der Waals surface area contributed by atoms with E-state index in [-0.39, 0.29) is 10.9 Å². The van der Waals surface area contributed by atoms with Crippen molar-refractivity contribution in [1.82, 2.24) is 0 Å². The molecular formula is C14H10Cl2FNO. The minimum Gasteiger partial charge on any atom is -0.322 e. The number of carbonyl (C=O) groups is 1. The van der Waals surface area contributed by atoms with Crippen molar-refractivity contribution in [3.8, 4) is 0 Å². The van der Waals surface area contributed by atoms with E-state index in [0.717, 1.165) is 5.56 Å². The van der Waals surface area contributed by atoms with Crippen LogP contribution < -0.4 is 5.32 Å². The first kappa shape index (κ1) is 13.8. The molecule has 2 rings (SSSR count). The fraction of sp³-hybridized carbons (Fsp3) is 0.0714. The Labute approximate surface area is 120 Å². The average Bonchev–Trinajstić information content (AvgIpc) is 2.37. The monoisotopic (exact) mass is 297 g/mol. The maximum Gasteiger partial charge on any atom is 0.255 e. The highest BCUT2D eigenvalue weighted by Crippen LogP contribution is 2.21. The maximum absolute atomic E-state index is 13.0. The van der Waals surface area contributed by atoms with Crippen molar-refractivity contribution >= 4 is 34.8 Å². The number of hydrogen-bond acceptors (Lipinski definition) is 1. The average molecular weight is 298 g/mol. The first-order chi connectivity index (χ1) is 8.97. The summed E-state index contributed by atoms with van der Waals surface area (Å²) in [5.41, 5.74) is 1.74. The zero-order chi connectivity index (χ0) is 14.0. The minimum atomic E-state index is -0.530. The van der Waals surface area contributed by atoms with E-state index in [2.05, 4.69) is 5.32 Å². The van der Waals surface area contributed by atoms with Crippen LogP contribution in [0.2, 0.25) is 10.0 Å². The third kappa shape index (κ3) is 3.25. The minimum absolute atomic E-state index is 0.0419. The van der Waals surface area contributed by atoms with Gasteiger partial charge in [0.1, 0.15) is 5.82 Å². The number of halogens is 3. The molecule has 0 unspecified atom stereocenters. The van der Waals surface area contributed by atoms with E-state index in [9.17, 15) is 9.18 Å². The fourth-order valence-electron chi connectivity index (χ4n) is 1.51. The topological polar surface area (TPSA) is 29.1 Å². The normalized spacial score (nSPS) is 10.3. The van der Waals surface area contributed by atoms with E-state index in [1.165, 1.54) is 18.2 Å². The van der Waals surface area contributed by atoms with Crippen molar-refractivity contribution in [2.75, 3.05) is 5.32 Å². The molecule has 2 nitrogen and oxygen atoms in total. The predicted molar refractivity (Wildman–Crippen MR) is 75.6 cm³/mol. The molecule has 0 aliphatic heterocycles. The van der Waals surface area contributed by atoms with Crippen LogP contribution >= 0.6 is 23.2 Å². The lowest BCUT2D eigenvalue weighted by molar-refractivity contribution is 0.102. The predicted octanol–water partition coefficient (Wildman–Crippen LogP) is 4.69. The second-order valence-electron chi connectivity index (χ2n) is 4.05. The van der Waals surface area contributed by atoms with E-state index >= 15 is 0 Å². The molecular weight excluding hydrogens is 288 g/mol. The van der Waals surface area contributed by atoms with Crippen LogP contribution in [0.3, 0.4) is 0 Å². The second kappa shape index (κ2) is 5.59. The van der Waals surface area contributed by atoms with E-state index < -0.39 is 5.82 Å². The molecule has 0 heterocycles. The highest BCUT2D eigenvalue weighted by molar-refractivity contribution is 6.32. The number of aryl methyl sites for hydroxylation is 1. The van der Waals surface area contributed by atoms with Crippen LogP contribution in [0.15, 0.2) is 36.4 Å². The van der Waals surface area contributed by atoms with E-state index in [1.807, 2.05) is 6.92 Å². The number of carbonyl (C=O) groups excluding carboxylic acids is 1. The number of benzene rings is 2. The second-order valence-corrected chi connectivity index (χ2v) is 4.86. The van der Waals surface area contributed by atoms with Crippen molar-refractivity contribution in [3.63, 3.8) is 0 Å². The molecule has 0 spiro atoms. The molecule has 2 aromatic carbocycles. The largest absolute Gasteiger partial charge is 0.322 e. The Morgan fingerprint density at radius 1 is 1.11 bits per heavy atom. The van der Waals surface area contributed by atoms with Crippen LogP contribution in [0.4, 0.5) is 10.1 Å². The van der Waals surface area contributed by atoms with Gasteiger partial charge in [-0.25, -0.2) is 4.39 Å². The molecule has 0 saturated carbocycles. The molecule has 0 atom stereocenters. The smallest absolute Gasteiger partial charge is 0.255 e. The zero-order valence-corrected chi connectivity index (χ0v) is 11.5. The molecule has 0 aliphatic carbocycles. The number of nitrogens with one attached hydrogen (secondary N) is 1. The van der Waals surface area contributed by atoms with Gasteiger partial charge in [-0.05, 0) is 42.8 Å². The molecule has 5 heteroatoms. The van der Waals surface area contributed by atoms with E-state index in [0.29, 0.717) is 16.3 Å². The maximum atomic E-state index is 13.0. The van der Waals surface area contributed by atoms with Crippen LogP contribution in [0, 0.1) is 12.7 Å². The van der Waals surface area contributed by atoms with Crippen molar-refractivity contribution in [2.24, 2.45) is 0 Å². The van der Waals surface area contributed by atoms with Gasteiger partial charge in [-0.3, -0.25) is 4.79 Å². The van der Waals surface area contributed by atoms with Gasteiger partial charge in [-0.15, -0.1) is 0 Å². The lowest BCUT2D eigenvalue weighted by Gasteiger charge is -2.07. The van der Waals surface area contributed by atoms with Crippen LogP contribution in [-0.4, -0.2) is 5.91 Å². The van der Waals surface area contributed by atoms with Crippen LogP contribution in [-0.2, 0) is 0 Å². The van der Waals surface area contributed by atoms with Gasteiger partial charge in [0.15, 0.2) is 0 Å². The summed E-state index contributed by atoms with van der Waals surface area (Å²) in [5, 5.41) is 3.10. The third-order valence-corrected chi connectivity index (χ3v) is 3.31. The quantitative estimate of drug-likeness (QED) is 0.856. The molecule has 0 saturated heterocycles. The summed E-state index contributed by atoms with van der Waals surface area (Å²) in [4.78, 5) is 12.0. The molecule has 0 radical (unpaired) electrons. The summed E-state index contributed by atoms with van der Waals surface area (Å²) in [7, 11) is 0. The van der Waals surface area contributed by atoms with Crippen molar-refractivity contribution in [1.29, 1.82) is 0 Å². The SMILES string of the molecule is Cc1ccc(C(=O)Nc2ccc(F)c(Cl)c2)cc1Cl. The summed E-state index contributed by atoms with van der Waals surface area (Å²) in [6.45, 7) is 1.85. The van der Waals surface area contributed by atoms with Gasteiger partial charge in [-0.1, -0.05) is 29.3 Å². The fourth-order valence-corrected chi connectivity index (χ4v) is 1.87. The third-order valence-electron chi connectivity index (χ3n) is 2.61. The summed E-state index contributed by atoms with van der Waals surface area (Å²) < 4.78 is 13.0. The van der Waals surface area contributed by atoms with Crippen LogP contribution in [0.5, 0.6) is 0 Å². The number of anilines is 1. The molecule has 0 aromatic heterocycles. The molecule has 19 heavy (non-hydrogen) atoms. The van der Waals surface area contributed by atoms with Gasteiger partial charge in [0.25, 0.3) is 5.91 Å². The lowest BCUT2D eigenvalue weighted by Crippen LogP contribution is -2.12. The van der Waals surface area contributed by atoms with Crippen LogP contribution in [0.1, 0.15) is 15.9 Å². The number of rotatable bonds is 2. The van der Waals surface area contributed by atoms with Gasteiger partial charge in [-0.2, -0.15) is 0 Å². The number of hydrogen-bond donors (Lipinski definition) is 1. The Kier molecular flexibility index (Phi) is 4.08. The molecule has 1 N–H and O–H groups in total. The molecule has 1 amide bonds. The van der Waals surface area contributed by atoms with Gasteiger partial charge < -0.3 is 5.32 Å². The van der Waals surface area contributed by atoms with Crippen LogP contribution in [0.25, 0.3) is 0 Å². The Morgan fingerprint density at radius 3 is 2.47 bits per heavy atom. The molecule has 0 aliphatic rings. The van der Waals surface area contributed by atoms with E-state index in [1.54, 1.807) is 18.2 Å². The number of amides is 1. The van der Waals surface area contributed by atoms with Crippen molar-refractivity contribution in [2.45, 2.75) is 6.92 Å². The molecule has 0 bridgehead atoms. The molecule has 2 aromatic rings. The van der Waals surface area contributed by atoms with E-state index in [4.69, 9.17) is 23.2 Å². The Bertz CT molecular complexity index is 643. The highest BCUT2D eigenvalue weighted by atomic mass is 35.5. The van der Waals surface area contributed by atoms with Crippen molar-refractivity contribution in [3.05, 3.63) is 63.4 Å². The Hall–Kier alpha value is -1.58. The first-order valence-electron chi connectivity index (χ1n) is 5.50. The molecule has 0 fully saturated rings. The van der Waals surface area contributed by atoms with Gasteiger partial charge in [0, 0.05) is 16.3 Å². The summed E-state index contributed by atoms with van der Waals surface area (Å²) in [6.07, 6.45) is 0. The van der Waals surface area contributed by atoms with Crippen molar-refractivity contribution < 1.29 is 9.18 Å².